The van der Waals surface area contributed by atoms with Crippen molar-refractivity contribution in [2.24, 2.45) is 0 Å². The summed E-state index contributed by atoms with van der Waals surface area (Å²) in [4.78, 5) is 23.3. The molecule has 398 valence electrons. The largest absolute Gasteiger partial charge is 0.472 e. The first-order valence-corrected chi connectivity index (χ1v) is 30.7. The molecular weight excluding hydrogens is 852 g/mol. The van der Waals surface area contributed by atoms with Gasteiger partial charge in [0, 0.05) is 6.42 Å². The van der Waals surface area contributed by atoms with Crippen LogP contribution >= 0.6 is 7.82 Å². The molecule has 0 heterocycles. The summed E-state index contributed by atoms with van der Waals surface area (Å²) in [7, 11) is 1.63. The van der Waals surface area contributed by atoms with Gasteiger partial charge in [-0.2, -0.15) is 0 Å². The molecule has 0 spiro atoms. The number of carbonyl (C=O) groups excluding carboxylic acids is 1. The van der Waals surface area contributed by atoms with Crippen molar-refractivity contribution in [2.75, 3.05) is 40.9 Å². The average Bonchev–Trinajstić information content (AvgIpc) is 3.29. The van der Waals surface area contributed by atoms with Crippen molar-refractivity contribution in [3.63, 3.8) is 0 Å². The van der Waals surface area contributed by atoms with Gasteiger partial charge in [-0.1, -0.05) is 263 Å². The van der Waals surface area contributed by atoms with Gasteiger partial charge in [-0.3, -0.25) is 13.8 Å². The van der Waals surface area contributed by atoms with Crippen molar-refractivity contribution >= 4 is 13.7 Å². The van der Waals surface area contributed by atoms with Crippen LogP contribution in [0.4, 0.5) is 0 Å². The van der Waals surface area contributed by atoms with E-state index in [1.165, 1.54) is 218 Å². The van der Waals surface area contributed by atoms with Crippen LogP contribution in [0.5, 0.6) is 0 Å². The van der Waals surface area contributed by atoms with Crippen molar-refractivity contribution in [3.8, 4) is 0 Å². The van der Waals surface area contributed by atoms with E-state index in [2.05, 4.69) is 43.5 Å². The van der Waals surface area contributed by atoms with Gasteiger partial charge in [0.2, 0.25) is 5.91 Å². The predicted octanol–water partition coefficient (Wildman–Crippen LogP) is 17.6. The minimum Gasteiger partial charge on any atom is -0.391 e. The minimum atomic E-state index is -4.32. The van der Waals surface area contributed by atoms with Crippen LogP contribution < -0.4 is 5.32 Å². The van der Waals surface area contributed by atoms with Gasteiger partial charge in [0.1, 0.15) is 13.2 Å². The highest BCUT2D eigenvalue weighted by Crippen LogP contribution is 2.43. The maximum atomic E-state index is 13.0. The zero-order valence-corrected chi connectivity index (χ0v) is 46.3. The number of unbranched alkanes of at least 4 members (excludes halogenated alkanes) is 37. The van der Waals surface area contributed by atoms with Crippen LogP contribution in [0.25, 0.3) is 0 Å². The van der Waals surface area contributed by atoms with Crippen LogP contribution in [-0.4, -0.2) is 73.4 Å². The number of likely N-dealkylation sites (N-methyl/N-ethyl adjacent to an activating group) is 1. The Morgan fingerprint density at radius 2 is 0.851 bits per heavy atom. The Morgan fingerprint density at radius 1 is 0.507 bits per heavy atom. The Bertz CT molecular complexity index is 1140. The third kappa shape index (κ3) is 52.6. The first-order valence-electron chi connectivity index (χ1n) is 29.2. The second-order valence-electron chi connectivity index (χ2n) is 21.4. The van der Waals surface area contributed by atoms with Crippen molar-refractivity contribution in [2.45, 2.75) is 302 Å². The average molecular weight is 969 g/mol. The lowest BCUT2D eigenvalue weighted by atomic mass is 10.0. The molecular formula is C58H116N2O6P+. The zero-order valence-electron chi connectivity index (χ0n) is 45.4. The molecule has 1 amide bonds. The molecule has 3 N–H and O–H groups in total. The molecule has 0 rings (SSSR count). The van der Waals surface area contributed by atoms with Crippen LogP contribution in [-0.2, 0) is 18.4 Å². The van der Waals surface area contributed by atoms with Crippen molar-refractivity contribution in [1.82, 2.24) is 5.32 Å². The number of nitrogens with one attached hydrogen (secondary N) is 1. The lowest BCUT2D eigenvalue weighted by Crippen LogP contribution is -2.46. The Labute approximate surface area is 417 Å². The summed E-state index contributed by atoms with van der Waals surface area (Å²) >= 11 is 0. The van der Waals surface area contributed by atoms with E-state index in [4.69, 9.17) is 9.05 Å². The fraction of sp³-hybridized carbons (Fsp3) is 0.914. The Morgan fingerprint density at radius 3 is 1.22 bits per heavy atom. The number of amides is 1. The van der Waals surface area contributed by atoms with E-state index in [0.717, 1.165) is 44.9 Å². The zero-order chi connectivity index (χ0) is 49.2. The Kier molecular flexibility index (Phi) is 49.2. The molecule has 3 atom stereocenters. The number of phosphoric acid groups is 1. The minimum absolute atomic E-state index is 0.0770. The lowest BCUT2D eigenvalue weighted by Gasteiger charge is -2.26. The van der Waals surface area contributed by atoms with E-state index < -0.39 is 20.0 Å². The lowest BCUT2D eigenvalue weighted by molar-refractivity contribution is -0.870. The number of nitrogens with zero attached hydrogens (tertiary/aromatic N) is 1. The SMILES string of the molecule is CCCCCCC/C=C\C/C=C\CCCCCCCCCCCCCCCCCCCCCC(=O)NC(COP(=O)(O)OCC[N+](C)(C)C)C(O)CCCCCCCCCCCCCCCC. The molecule has 0 saturated heterocycles. The number of phosphoric ester groups is 1. The second-order valence-corrected chi connectivity index (χ2v) is 22.8. The monoisotopic (exact) mass is 968 g/mol. The standard InChI is InChI=1S/C58H115N2O6P/c1-6-8-10-12-14-16-18-20-22-23-24-25-26-27-28-29-30-31-32-33-34-35-36-37-38-40-42-44-46-48-50-52-58(62)59-56(55-66-67(63,64)65-54-53-60(3,4)5)57(61)51-49-47-45-43-41-39-21-19-17-15-13-11-9-7-2/h18,20,23-24,56-57,61H,6-17,19,21-22,25-55H2,1-5H3,(H-,59,62,63,64)/p+1/b20-18-,24-23-. The van der Waals surface area contributed by atoms with E-state index in [9.17, 15) is 19.4 Å². The molecule has 67 heavy (non-hydrogen) atoms. The van der Waals surface area contributed by atoms with Crippen LogP contribution in [0.3, 0.4) is 0 Å². The quantitative estimate of drug-likeness (QED) is 0.0243. The maximum absolute atomic E-state index is 13.0. The van der Waals surface area contributed by atoms with Gasteiger partial charge in [0.05, 0.1) is 39.9 Å². The summed E-state index contributed by atoms with van der Waals surface area (Å²) in [5.74, 6) is -0.140. The van der Waals surface area contributed by atoms with Gasteiger partial charge in [0.25, 0.3) is 0 Å². The number of allylic oxidation sites excluding steroid dienone is 4. The molecule has 0 aromatic rings. The topological polar surface area (TPSA) is 105 Å². The molecule has 0 saturated carbocycles. The predicted molar refractivity (Wildman–Crippen MR) is 291 cm³/mol. The molecule has 0 aromatic carbocycles. The molecule has 0 aliphatic carbocycles. The molecule has 9 heteroatoms. The number of rotatable bonds is 54. The summed E-state index contributed by atoms with van der Waals surface area (Å²) in [5, 5.41) is 14.0. The number of aliphatic hydroxyl groups excluding tert-OH is 1. The van der Waals surface area contributed by atoms with Crippen LogP contribution in [0, 0.1) is 0 Å². The Hall–Kier alpha value is -1.02. The van der Waals surface area contributed by atoms with Gasteiger partial charge >= 0.3 is 7.82 Å². The van der Waals surface area contributed by atoms with Gasteiger partial charge in [-0.05, 0) is 44.9 Å². The number of aliphatic hydroxyl groups is 1. The summed E-state index contributed by atoms with van der Waals surface area (Å²) < 4.78 is 23.8. The molecule has 0 aliphatic heterocycles. The molecule has 0 radical (unpaired) electrons. The van der Waals surface area contributed by atoms with Crippen molar-refractivity contribution in [1.29, 1.82) is 0 Å². The summed E-state index contributed by atoms with van der Waals surface area (Å²) in [6.45, 7) is 4.91. The van der Waals surface area contributed by atoms with Gasteiger partial charge in [-0.15, -0.1) is 0 Å². The third-order valence-electron chi connectivity index (χ3n) is 13.5. The van der Waals surface area contributed by atoms with E-state index >= 15 is 0 Å². The first kappa shape index (κ1) is 66.0. The molecule has 8 nitrogen and oxygen atoms in total. The molecule has 0 aliphatic rings. The summed E-state index contributed by atoms with van der Waals surface area (Å²) in [6, 6.07) is -0.757. The fourth-order valence-electron chi connectivity index (χ4n) is 8.84. The van der Waals surface area contributed by atoms with Gasteiger partial charge < -0.3 is 19.8 Å². The smallest absolute Gasteiger partial charge is 0.391 e. The number of hydrogen-bond acceptors (Lipinski definition) is 5. The van der Waals surface area contributed by atoms with Crippen LogP contribution in [0.1, 0.15) is 290 Å². The first-order chi connectivity index (χ1) is 32.5. The van der Waals surface area contributed by atoms with E-state index in [1.807, 2.05) is 21.1 Å². The highest BCUT2D eigenvalue weighted by atomic mass is 31.2. The number of carbonyl (C=O) groups is 1. The number of hydrogen-bond donors (Lipinski definition) is 3. The maximum Gasteiger partial charge on any atom is 0.472 e. The fourth-order valence-corrected chi connectivity index (χ4v) is 9.58. The van der Waals surface area contributed by atoms with E-state index in [0.29, 0.717) is 23.9 Å². The number of quaternary nitrogens is 1. The third-order valence-corrected chi connectivity index (χ3v) is 14.4. The molecule has 0 aromatic heterocycles. The normalized spacial score (nSPS) is 14.1. The van der Waals surface area contributed by atoms with Gasteiger partial charge in [0.15, 0.2) is 0 Å². The van der Waals surface area contributed by atoms with Gasteiger partial charge in [-0.25, -0.2) is 4.57 Å². The highest BCUT2D eigenvalue weighted by molar-refractivity contribution is 7.47. The summed E-state index contributed by atoms with van der Waals surface area (Å²) in [6.07, 6.45) is 62.4. The summed E-state index contributed by atoms with van der Waals surface area (Å²) in [5.41, 5.74) is 0. The second kappa shape index (κ2) is 49.9. The van der Waals surface area contributed by atoms with Crippen LogP contribution in [0.2, 0.25) is 0 Å². The molecule has 3 unspecified atom stereocenters. The van der Waals surface area contributed by atoms with Crippen molar-refractivity contribution in [3.05, 3.63) is 24.3 Å². The van der Waals surface area contributed by atoms with Crippen LogP contribution in [0.15, 0.2) is 24.3 Å². The van der Waals surface area contributed by atoms with E-state index in [1.54, 1.807) is 0 Å². The highest BCUT2D eigenvalue weighted by Gasteiger charge is 2.28. The molecule has 0 fully saturated rings. The molecule has 0 bridgehead atoms. The van der Waals surface area contributed by atoms with E-state index in [-0.39, 0.29) is 19.1 Å². The van der Waals surface area contributed by atoms with Crippen molar-refractivity contribution < 1.29 is 32.9 Å². The Balaban J connectivity index is 4.00.